The molecule has 0 amide bonds. The van der Waals surface area contributed by atoms with Crippen LogP contribution in [0.2, 0.25) is 0 Å². The highest BCUT2D eigenvalue weighted by molar-refractivity contribution is 7.99. The largest absolute Gasteiger partial charge is 0.396 e. The monoisotopic (exact) mass is 234 g/mol. The van der Waals surface area contributed by atoms with Crippen molar-refractivity contribution in [3.63, 3.8) is 0 Å². The molecule has 0 radical (unpaired) electrons. The van der Waals surface area contributed by atoms with Gasteiger partial charge in [-0.1, -0.05) is 25.1 Å². The maximum Gasteiger partial charge on any atom is 0.117 e. The van der Waals surface area contributed by atoms with E-state index in [0.29, 0.717) is 5.92 Å². The molecule has 0 fully saturated rings. The summed E-state index contributed by atoms with van der Waals surface area (Å²) in [5.74, 6) is 1.16. The number of aliphatic hydroxyl groups is 1. The first-order valence-electron chi connectivity index (χ1n) is 5.24. The molecule has 0 bridgehead atoms. The van der Waals surface area contributed by atoms with E-state index >= 15 is 0 Å². The Hall–Kier alpha value is -1.13. The highest BCUT2D eigenvalue weighted by Gasteiger charge is 2.06. The van der Waals surface area contributed by atoms with Crippen molar-refractivity contribution in [1.29, 1.82) is 0 Å². The van der Waals surface area contributed by atoms with Crippen molar-refractivity contribution in [1.82, 2.24) is 9.97 Å². The third kappa shape index (κ3) is 2.51. The summed E-state index contributed by atoms with van der Waals surface area (Å²) >= 11 is 1.67. The molecule has 0 saturated carbocycles. The second-order valence-corrected chi connectivity index (χ2v) is 4.80. The van der Waals surface area contributed by atoms with Gasteiger partial charge in [0, 0.05) is 17.7 Å². The SMILES string of the molecule is CC(CO)CSc1ncnc2ccccc12. The van der Waals surface area contributed by atoms with Gasteiger partial charge >= 0.3 is 0 Å². The van der Waals surface area contributed by atoms with Crippen molar-refractivity contribution in [2.24, 2.45) is 5.92 Å². The van der Waals surface area contributed by atoms with Crippen LogP contribution in [0.3, 0.4) is 0 Å². The number of hydrogen-bond acceptors (Lipinski definition) is 4. The van der Waals surface area contributed by atoms with Gasteiger partial charge in [-0.2, -0.15) is 0 Å². The van der Waals surface area contributed by atoms with E-state index in [1.54, 1.807) is 18.1 Å². The summed E-state index contributed by atoms with van der Waals surface area (Å²) in [5, 5.41) is 11.1. The van der Waals surface area contributed by atoms with Gasteiger partial charge in [0.25, 0.3) is 0 Å². The summed E-state index contributed by atoms with van der Waals surface area (Å²) in [6.07, 6.45) is 1.59. The van der Waals surface area contributed by atoms with Crippen LogP contribution in [0.25, 0.3) is 10.9 Å². The lowest BCUT2D eigenvalue weighted by atomic mass is 10.2. The molecule has 16 heavy (non-hydrogen) atoms. The number of hydrogen-bond donors (Lipinski definition) is 1. The van der Waals surface area contributed by atoms with Gasteiger partial charge < -0.3 is 5.11 Å². The quantitative estimate of drug-likeness (QED) is 0.651. The normalized spacial score (nSPS) is 12.9. The van der Waals surface area contributed by atoms with Gasteiger partial charge in [-0.05, 0) is 12.0 Å². The fourth-order valence-corrected chi connectivity index (χ4v) is 2.37. The second kappa shape index (κ2) is 5.27. The number of aromatic nitrogens is 2. The average Bonchev–Trinajstić information content (AvgIpc) is 2.35. The minimum atomic E-state index is 0.218. The molecule has 1 heterocycles. The molecule has 2 rings (SSSR count). The number of thioether (sulfide) groups is 1. The van der Waals surface area contributed by atoms with Gasteiger partial charge in [0.1, 0.15) is 11.4 Å². The molecular weight excluding hydrogens is 220 g/mol. The summed E-state index contributed by atoms with van der Waals surface area (Å²) in [5.41, 5.74) is 0.969. The van der Waals surface area contributed by atoms with Crippen molar-refractivity contribution in [3.05, 3.63) is 30.6 Å². The lowest BCUT2D eigenvalue weighted by Gasteiger charge is -2.07. The van der Waals surface area contributed by atoms with Crippen LogP contribution in [0, 0.1) is 5.92 Å². The molecule has 1 aromatic carbocycles. The van der Waals surface area contributed by atoms with Crippen LogP contribution >= 0.6 is 11.8 Å². The van der Waals surface area contributed by atoms with E-state index in [4.69, 9.17) is 5.11 Å². The molecule has 0 saturated heterocycles. The standard InChI is InChI=1S/C12H14N2OS/c1-9(6-15)7-16-12-10-4-2-3-5-11(10)13-8-14-12/h2-5,8-9,15H,6-7H2,1H3. The Morgan fingerprint density at radius 1 is 1.31 bits per heavy atom. The van der Waals surface area contributed by atoms with E-state index < -0.39 is 0 Å². The van der Waals surface area contributed by atoms with Gasteiger partial charge in [0.05, 0.1) is 5.52 Å². The average molecular weight is 234 g/mol. The lowest BCUT2D eigenvalue weighted by Crippen LogP contribution is -2.03. The van der Waals surface area contributed by atoms with E-state index in [0.717, 1.165) is 21.7 Å². The maximum atomic E-state index is 8.98. The van der Waals surface area contributed by atoms with Crippen LogP contribution in [0.4, 0.5) is 0 Å². The minimum Gasteiger partial charge on any atom is -0.396 e. The Bertz CT molecular complexity index is 470. The van der Waals surface area contributed by atoms with E-state index in [2.05, 4.69) is 9.97 Å². The molecule has 3 nitrogen and oxygen atoms in total. The van der Waals surface area contributed by atoms with Crippen molar-refractivity contribution in [2.75, 3.05) is 12.4 Å². The molecule has 1 unspecified atom stereocenters. The van der Waals surface area contributed by atoms with Crippen LogP contribution in [0.1, 0.15) is 6.92 Å². The van der Waals surface area contributed by atoms with Gasteiger partial charge in [-0.15, -0.1) is 11.8 Å². The van der Waals surface area contributed by atoms with Crippen LogP contribution in [-0.2, 0) is 0 Å². The third-order valence-corrected chi connectivity index (χ3v) is 3.66. The Labute approximate surface area is 98.9 Å². The summed E-state index contributed by atoms with van der Waals surface area (Å²) in [4.78, 5) is 8.50. The summed E-state index contributed by atoms with van der Waals surface area (Å²) in [6, 6.07) is 7.98. The third-order valence-electron chi connectivity index (χ3n) is 2.32. The van der Waals surface area contributed by atoms with Gasteiger partial charge in [-0.3, -0.25) is 0 Å². The second-order valence-electron chi connectivity index (χ2n) is 3.79. The molecule has 0 aliphatic heterocycles. The maximum absolute atomic E-state index is 8.98. The summed E-state index contributed by atoms with van der Waals surface area (Å²) in [6.45, 7) is 2.24. The first-order valence-corrected chi connectivity index (χ1v) is 6.23. The first-order chi connectivity index (χ1) is 7.81. The predicted molar refractivity (Wildman–Crippen MR) is 66.5 cm³/mol. The molecular formula is C12H14N2OS. The Balaban J connectivity index is 2.23. The zero-order valence-electron chi connectivity index (χ0n) is 9.13. The fraction of sp³-hybridized carbons (Fsp3) is 0.333. The fourth-order valence-electron chi connectivity index (χ4n) is 1.37. The van der Waals surface area contributed by atoms with Crippen LogP contribution in [-0.4, -0.2) is 27.4 Å². The van der Waals surface area contributed by atoms with E-state index in [1.165, 1.54) is 0 Å². The molecule has 4 heteroatoms. The summed E-state index contributed by atoms with van der Waals surface area (Å²) in [7, 11) is 0. The molecule has 0 spiro atoms. The molecule has 0 aliphatic carbocycles. The Kier molecular flexibility index (Phi) is 3.74. The smallest absolute Gasteiger partial charge is 0.117 e. The van der Waals surface area contributed by atoms with Gasteiger partial charge in [-0.25, -0.2) is 9.97 Å². The van der Waals surface area contributed by atoms with Crippen LogP contribution < -0.4 is 0 Å². The molecule has 2 aromatic rings. The zero-order valence-corrected chi connectivity index (χ0v) is 9.94. The van der Waals surface area contributed by atoms with Crippen molar-refractivity contribution >= 4 is 22.7 Å². The molecule has 1 atom stereocenters. The van der Waals surface area contributed by atoms with Crippen molar-refractivity contribution < 1.29 is 5.11 Å². The number of fused-ring (bicyclic) bond motifs is 1. The lowest BCUT2D eigenvalue weighted by molar-refractivity contribution is 0.250. The van der Waals surface area contributed by atoms with Crippen molar-refractivity contribution in [2.45, 2.75) is 11.9 Å². The first kappa shape index (κ1) is 11.4. The van der Waals surface area contributed by atoms with Gasteiger partial charge in [0.2, 0.25) is 0 Å². The zero-order chi connectivity index (χ0) is 11.4. The highest BCUT2D eigenvalue weighted by Crippen LogP contribution is 2.25. The van der Waals surface area contributed by atoms with Crippen molar-refractivity contribution in [3.8, 4) is 0 Å². The van der Waals surface area contributed by atoms with E-state index in [-0.39, 0.29) is 6.61 Å². The molecule has 84 valence electrons. The van der Waals surface area contributed by atoms with Crippen LogP contribution in [0.15, 0.2) is 35.6 Å². The van der Waals surface area contributed by atoms with Crippen LogP contribution in [0.5, 0.6) is 0 Å². The predicted octanol–water partition coefficient (Wildman–Crippen LogP) is 2.35. The molecule has 0 aliphatic rings. The topological polar surface area (TPSA) is 46.0 Å². The van der Waals surface area contributed by atoms with E-state index in [9.17, 15) is 0 Å². The Morgan fingerprint density at radius 2 is 2.12 bits per heavy atom. The number of para-hydroxylation sites is 1. The number of nitrogens with zero attached hydrogens (tertiary/aromatic N) is 2. The highest BCUT2D eigenvalue weighted by atomic mass is 32.2. The number of aliphatic hydroxyl groups excluding tert-OH is 1. The minimum absolute atomic E-state index is 0.218. The van der Waals surface area contributed by atoms with Gasteiger partial charge in [0.15, 0.2) is 0 Å². The number of benzene rings is 1. The molecule has 1 aromatic heterocycles. The van der Waals surface area contributed by atoms with E-state index in [1.807, 2.05) is 31.2 Å². The number of rotatable bonds is 4. The summed E-state index contributed by atoms with van der Waals surface area (Å²) < 4.78 is 0. The molecule has 1 N–H and O–H groups in total. The Morgan fingerprint density at radius 3 is 2.94 bits per heavy atom.